The number of esters is 1. The Morgan fingerprint density at radius 2 is 2.11 bits per heavy atom. The highest BCUT2D eigenvalue weighted by atomic mass is 16.5. The lowest BCUT2D eigenvalue weighted by Crippen LogP contribution is -2.34. The summed E-state index contributed by atoms with van der Waals surface area (Å²) in [6, 6.07) is 1.56. The van der Waals surface area contributed by atoms with Crippen LogP contribution in [0.15, 0.2) is 12.3 Å². The second-order valence-corrected chi connectivity index (χ2v) is 4.51. The van der Waals surface area contributed by atoms with Gasteiger partial charge in [0.1, 0.15) is 5.82 Å². The van der Waals surface area contributed by atoms with E-state index in [2.05, 4.69) is 35.8 Å². The average Bonchev–Trinajstić information content (AvgIpc) is 2.40. The van der Waals surface area contributed by atoms with Crippen LogP contribution < -0.4 is 11.1 Å². The summed E-state index contributed by atoms with van der Waals surface area (Å²) >= 11 is 0. The summed E-state index contributed by atoms with van der Waals surface area (Å²) in [5, 5.41) is 3.30. The van der Waals surface area contributed by atoms with E-state index in [9.17, 15) is 4.79 Å². The second kappa shape index (κ2) is 5.71. The lowest BCUT2D eigenvalue weighted by Gasteiger charge is -2.29. The van der Waals surface area contributed by atoms with Gasteiger partial charge in [-0.3, -0.25) is 0 Å². The molecule has 0 aliphatic carbocycles. The zero-order chi connectivity index (χ0) is 13.8. The molecule has 3 N–H and O–H groups in total. The first-order chi connectivity index (χ1) is 8.47. The molecule has 0 aliphatic rings. The summed E-state index contributed by atoms with van der Waals surface area (Å²) in [5.41, 5.74) is 6.53. The van der Waals surface area contributed by atoms with Crippen LogP contribution in [0.25, 0.3) is 0 Å². The lowest BCUT2D eigenvalue weighted by atomic mass is 9.95. The van der Waals surface area contributed by atoms with Gasteiger partial charge < -0.3 is 15.8 Å². The number of ether oxygens (including phenoxy) is 1. The number of pyridine rings is 1. The zero-order valence-electron chi connectivity index (χ0n) is 11.4. The second-order valence-electron chi connectivity index (χ2n) is 4.51. The quantitative estimate of drug-likeness (QED) is 0.786. The summed E-state index contributed by atoms with van der Waals surface area (Å²) in [7, 11) is 1.33. The van der Waals surface area contributed by atoms with E-state index in [-0.39, 0.29) is 5.54 Å². The molecule has 0 aromatic carbocycles. The highest BCUT2D eigenvalue weighted by molar-refractivity contribution is 5.97. The van der Waals surface area contributed by atoms with Crippen molar-refractivity contribution in [2.75, 3.05) is 18.2 Å². The first-order valence-corrected chi connectivity index (χ1v) is 6.08. The third-order valence-electron chi connectivity index (χ3n) is 3.38. The fourth-order valence-corrected chi connectivity index (χ4v) is 1.57. The maximum absolute atomic E-state index is 11.5. The summed E-state index contributed by atoms with van der Waals surface area (Å²) in [5.74, 6) is 0.0803. The van der Waals surface area contributed by atoms with Crippen molar-refractivity contribution in [1.29, 1.82) is 0 Å². The molecule has 0 aliphatic heterocycles. The molecule has 5 nitrogen and oxygen atoms in total. The van der Waals surface area contributed by atoms with Gasteiger partial charge in [-0.05, 0) is 25.8 Å². The molecule has 0 fully saturated rings. The van der Waals surface area contributed by atoms with Crippen molar-refractivity contribution >= 4 is 17.5 Å². The Bertz CT molecular complexity index is 428. The average molecular weight is 251 g/mol. The molecule has 0 saturated carbocycles. The number of nitrogens with one attached hydrogen (secondary N) is 1. The standard InChI is InChI=1S/C13H21N3O2/c1-5-13(3,6-2)16-11-10(14)9(7-8-15-11)12(17)18-4/h7-8H,5-6,14H2,1-4H3,(H,15,16). The van der Waals surface area contributed by atoms with Gasteiger partial charge in [0.05, 0.1) is 18.4 Å². The number of nitrogen functional groups attached to an aromatic ring is 1. The molecule has 1 aromatic rings. The van der Waals surface area contributed by atoms with Crippen molar-refractivity contribution in [3.8, 4) is 0 Å². The number of nitrogens with zero attached hydrogens (tertiary/aromatic N) is 1. The number of hydrogen-bond acceptors (Lipinski definition) is 5. The zero-order valence-corrected chi connectivity index (χ0v) is 11.4. The van der Waals surface area contributed by atoms with Gasteiger partial charge in [-0.2, -0.15) is 0 Å². The van der Waals surface area contributed by atoms with Gasteiger partial charge in [-0.25, -0.2) is 9.78 Å². The van der Waals surface area contributed by atoms with Crippen molar-refractivity contribution in [2.45, 2.75) is 39.2 Å². The van der Waals surface area contributed by atoms with E-state index in [0.29, 0.717) is 17.1 Å². The number of carbonyl (C=O) groups excluding carboxylic acids is 1. The van der Waals surface area contributed by atoms with E-state index in [1.54, 1.807) is 12.3 Å². The van der Waals surface area contributed by atoms with Crippen molar-refractivity contribution in [2.24, 2.45) is 0 Å². The van der Waals surface area contributed by atoms with Crippen molar-refractivity contribution in [3.05, 3.63) is 17.8 Å². The van der Waals surface area contributed by atoms with Crippen LogP contribution in [-0.2, 0) is 4.74 Å². The molecule has 0 amide bonds. The van der Waals surface area contributed by atoms with Gasteiger partial charge in [0.15, 0.2) is 0 Å². The van der Waals surface area contributed by atoms with Crippen molar-refractivity contribution in [1.82, 2.24) is 4.98 Å². The predicted octanol–water partition coefficient (Wildman–Crippen LogP) is 2.44. The molecule has 5 heteroatoms. The number of aromatic nitrogens is 1. The monoisotopic (exact) mass is 251 g/mol. The van der Waals surface area contributed by atoms with E-state index in [4.69, 9.17) is 5.73 Å². The number of methoxy groups -OCH3 is 1. The first kappa shape index (κ1) is 14.3. The van der Waals surface area contributed by atoms with Crippen LogP contribution in [0.4, 0.5) is 11.5 Å². The molecule has 18 heavy (non-hydrogen) atoms. The first-order valence-electron chi connectivity index (χ1n) is 6.08. The number of nitrogens with two attached hydrogens (primary N) is 1. The van der Waals surface area contributed by atoms with Gasteiger partial charge in [-0.15, -0.1) is 0 Å². The Morgan fingerprint density at radius 1 is 1.50 bits per heavy atom. The Morgan fingerprint density at radius 3 is 2.61 bits per heavy atom. The third-order valence-corrected chi connectivity index (χ3v) is 3.38. The van der Waals surface area contributed by atoms with Crippen LogP contribution in [0.2, 0.25) is 0 Å². The Labute approximate surface area is 108 Å². The maximum atomic E-state index is 11.5. The molecule has 1 heterocycles. The molecule has 1 rings (SSSR count). The molecule has 0 unspecified atom stereocenters. The highest BCUT2D eigenvalue weighted by Gasteiger charge is 2.22. The van der Waals surface area contributed by atoms with Crippen LogP contribution in [-0.4, -0.2) is 23.6 Å². The van der Waals surface area contributed by atoms with Gasteiger partial charge in [0.25, 0.3) is 0 Å². The molecular weight excluding hydrogens is 230 g/mol. The predicted molar refractivity (Wildman–Crippen MR) is 72.6 cm³/mol. The summed E-state index contributed by atoms with van der Waals surface area (Å²) < 4.78 is 4.68. The van der Waals surface area contributed by atoms with Crippen LogP contribution in [0.5, 0.6) is 0 Å². The minimum atomic E-state index is -0.451. The van der Waals surface area contributed by atoms with E-state index >= 15 is 0 Å². The molecule has 0 spiro atoms. The smallest absolute Gasteiger partial charge is 0.340 e. The highest BCUT2D eigenvalue weighted by Crippen LogP contribution is 2.26. The van der Waals surface area contributed by atoms with Crippen LogP contribution in [0, 0.1) is 0 Å². The van der Waals surface area contributed by atoms with Crippen LogP contribution >= 0.6 is 0 Å². The molecule has 1 aromatic heterocycles. The van der Waals surface area contributed by atoms with E-state index in [1.165, 1.54) is 7.11 Å². The minimum Gasteiger partial charge on any atom is -0.465 e. The van der Waals surface area contributed by atoms with E-state index in [0.717, 1.165) is 12.8 Å². The number of anilines is 2. The third kappa shape index (κ3) is 2.91. The number of hydrogen-bond donors (Lipinski definition) is 2. The van der Waals surface area contributed by atoms with Gasteiger partial charge >= 0.3 is 5.97 Å². The van der Waals surface area contributed by atoms with Crippen molar-refractivity contribution < 1.29 is 9.53 Å². The molecular formula is C13H21N3O2. The van der Waals surface area contributed by atoms with Gasteiger partial charge in [0.2, 0.25) is 0 Å². The summed E-state index contributed by atoms with van der Waals surface area (Å²) in [6.07, 6.45) is 3.43. The Kier molecular flexibility index (Phi) is 4.53. The fourth-order valence-electron chi connectivity index (χ4n) is 1.57. The molecule has 0 bridgehead atoms. The molecule has 0 radical (unpaired) electrons. The molecule has 0 saturated heterocycles. The van der Waals surface area contributed by atoms with Crippen LogP contribution in [0.1, 0.15) is 44.0 Å². The van der Waals surface area contributed by atoms with E-state index in [1.807, 2.05) is 0 Å². The normalized spacial score (nSPS) is 11.1. The van der Waals surface area contributed by atoms with Gasteiger partial charge in [-0.1, -0.05) is 13.8 Å². The topological polar surface area (TPSA) is 77.2 Å². The van der Waals surface area contributed by atoms with Gasteiger partial charge in [0, 0.05) is 11.7 Å². The molecule has 0 atom stereocenters. The Balaban J connectivity index is 3.08. The lowest BCUT2D eigenvalue weighted by molar-refractivity contribution is 0.0602. The fraction of sp³-hybridized carbons (Fsp3) is 0.538. The number of rotatable bonds is 5. The maximum Gasteiger partial charge on any atom is 0.340 e. The molecule has 100 valence electrons. The Hall–Kier alpha value is -1.78. The van der Waals surface area contributed by atoms with Crippen LogP contribution in [0.3, 0.4) is 0 Å². The van der Waals surface area contributed by atoms with E-state index < -0.39 is 5.97 Å². The largest absolute Gasteiger partial charge is 0.465 e. The SMILES string of the molecule is CCC(C)(CC)Nc1nccc(C(=O)OC)c1N. The minimum absolute atomic E-state index is 0.0874. The summed E-state index contributed by atoms with van der Waals surface area (Å²) in [6.45, 7) is 6.28. The summed E-state index contributed by atoms with van der Waals surface area (Å²) in [4.78, 5) is 15.7. The van der Waals surface area contributed by atoms with Crippen molar-refractivity contribution in [3.63, 3.8) is 0 Å². The number of carbonyl (C=O) groups is 1.